The molecule has 27 heavy (non-hydrogen) atoms. The molecule has 0 heterocycles. The summed E-state index contributed by atoms with van der Waals surface area (Å²) in [5.41, 5.74) is 2.23. The zero-order valence-corrected chi connectivity index (χ0v) is 16.7. The smallest absolute Gasteiger partial charge is 0.426 e. The quantitative estimate of drug-likeness (QED) is 0.238. The highest BCUT2D eigenvalue weighted by molar-refractivity contribution is 5.64. The number of hydrogen-bond acceptors (Lipinski definition) is 3. The van der Waals surface area contributed by atoms with Gasteiger partial charge < -0.3 is 9.47 Å². The molecule has 0 N–H and O–H groups in total. The number of rotatable bonds is 11. The minimum Gasteiger partial charge on any atom is -0.426 e. The Hall–Kier alpha value is -2.29. The van der Waals surface area contributed by atoms with Crippen LogP contribution in [0.5, 0.6) is 5.75 Å². The van der Waals surface area contributed by atoms with E-state index in [1.165, 1.54) is 37.7 Å². The van der Waals surface area contributed by atoms with E-state index in [0.29, 0.717) is 5.75 Å². The van der Waals surface area contributed by atoms with Crippen molar-refractivity contribution in [2.24, 2.45) is 0 Å². The van der Waals surface area contributed by atoms with Gasteiger partial charge in [-0.15, -0.1) is 0 Å². The Kier molecular flexibility index (Phi) is 9.47. The molecule has 0 aliphatic heterocycles. The van der Waals surface area contributed by atoms with E-state index in [0.717, 1.165) is 24.8 Å². The van der Waals surface area contributed by atoms with Crippen LogP contribution in [0.4, 0.5) is 4.79 Å². The Morgan fingerprint density at radius 3 is 2.19 bits per heavy atom. The average Bonchev–Trinajstić information content (AvgIpc) is 2.71. The Bertz CT molecular complexity index is 649. The molecule has 1 unspecified atom stereocenters. The fraction of sp³-hybridized carbons (Fsp3) is 0.458. The normalized spacial score (nSPS) is 11.8. The van der Waals surface area contributed by atoms with Crippen molar-refractivity contribution in [3.8, 4) is 5.75 Å². The predicted octanol–water partition coefficient (Wildman–Crippen LogP) is 7.26. The van der Waals surface area contributed by atoms with Crippen LogP contribution in [0.15, 0.2) is 54.6 Å². The van der Waals surface area contributed by atoms with Gasteiger partial charge in [0.05, 0.1) is 0 Å². The maximum Gasteiger partial charge on any atom is 0.514 e. The predicted molar refractivity (Wildman–Crippen MR) is 110 cm³/mol. The van der Waals surface area contributed by atoms with E-state index in [2.05, 4.69) is 13.8 Å². The van der Waals surface area contributed by atoms with Crippen LogP contribution in [-0.4, -0.2) is 6.16 Å². The van der Waals surface area contributed by atoms with Crippen molar-refractivity contribution < 1.29 is 14.3 Å². The van der Waals surface area contributed by atoms with E-state index < -0.39 is 6.16 Å². The molecule has 0 spiro atoms. The number of unbranched alkanes of at least 4 members (excludes halogenated alkanes) is 5. The molecule has 0 saturated carbocycles. The Balaban J connectivity index is 1.89. The molecule has 0 aliphatic carbocycles. The molecule has 146 valence electrons. The molecule has 0 amide bonds. The molecular formula is C24H32O3. The monoisotopic (exact) mass is 368 g/mol. The first-order valence-corrected chi connectivity index (χ1v) is 10.2. The zero-order valence-electron chi connectivity index (χ0n) is 16.7. The lowest BCUT2D eigenvalue weighted by Crippen LogP contribution is -2.15. The molecule has 3 heteroatoms. The molecule has 0 radical (unpaired) electrons. The van der Waals surface area contributed by atoms with Gasteiger partial charge in [0.25, 0.3) is 0 Å². The second-order valence-electron chi connectivity index (χ2n) is 6.92. The zero-order chi connectivity index (χ0) is 19.3. The van der Waals surface area contributed by atoms with Crippen molar-refractivity contribution in [1.82, 2.24) is 0 Å². The summed E-state index contributed by atoms with van der Waals surface area (Å²) in [4.78, 5) is 12.3. The lowest BCUT2D eigenvalue weighted by molar-refractivity contribution is 0.0528. The van der Waals surface area contributed by atoms with Crippen LogP contribution in [0.25, 0.3) is 0 Å². The Morgan fingerprint density at radius 2 is 1.52 bits per heavy atom. The lowest BCUT2D eigenvalue weighted by Gasteiger charge is -2.18. The van der Waals surface area contributed by atoms with Gasteiger partial charge in [-0.1, -0.05) is 88.4 Å². The van der Waals surface area contributed by atoms with E-state index in [9.17, 15) is 4.79 Å². The first-order valence-electron chi connectivity index (χ1n) is 10.2. The molecule has 0 saturated heterocycles. The molecular weight excluding hydrogens is 336 g/mol. The first-order chi connectivity index (χ1) is 13.2. The van der Waals surface area contributed by atoms with Gasteiger partial charge in [-0.05, 0) is 42.5 Å². The SMILES string of the molecule is CCCCCCCCC(OC(=O)Oc1ccc(CC)cc1)c1ccccc1. The highest BCUT2D eigenvalue weighted by Crippen LogP contribution is 2.25. The van der Waals surface area contributed by atoms with Crippen LogP contribution < -0.4 is 4.74 Å². The minimum absolute atomic E-state index is 0.264. The maximum absolute atomic E-state index is 12.3. The van der Waals surface area contributed by atoms with Gasteiger partial charge in [0.15, 0.2) is 0 Å². The van der Waals surface area contributed by atoms with E-state index in [-0.39, 0.29) is 6.10 Å². The van der Waals surface area contributed by atoms with Crippen molar-refractivity contribution in [3.05, 3.63) is 65.7 Å². The van der Waals surface area contributed by atoms with Crippen molar-refractivity contribution in [1.29, 1.82) is 0 Å². The number of benzene rings is 2. The summed E-state index contributed by atoms with van der Waals surface area (Å²) in [7, 11) is 0. The lowest BCUT2D eigenvalue weighted by atomic mass is 10.0. The van der Waals surface area contributed by atoms with Gasteiger partial charge in [0.1, 0.15) is 11.9 Å². The van der Waals surface area contributed by atoms with Crippen LogP contribution in [0, 0.1) is 0 Å². The van der Waals surface area contributed by atoms with Crippen molar-refractivity contribution >= 4 is 6.16 Å². The van der Waals surface area contributed by atoms with Gasteiger partial charge in [0, 0.05) is 0 Å². The van der Waals surface area contributed by atoms with Crippen LogP contribution in [0.1, 0.15) is 76.0 Å². The summed E-state index contributed by atoms with van der Waals surface area (Å²) in [6.07, 6.45) is 8.15. The number of ether oxygens (including phenoxy) is 2. The number of carbonyl (C=O) groups excluding carboxylic acids is 1. The number of aryl methyl sites for hydroxylation is 1. The third-order valence-corrected chi connectivity index (χ3v) is 4.76. The molecule has 0 aliphatic rings. The third-order valence-electron chi connectivity index (χ3n) is 4.76. The van der Waals surface area contributed by atoms with E-state index in [1.54, 1.807) is 0 Å². The number of hydrogen-bond donors (Lipinski definition) is 0. The largest absolute Gasteiger partial charge is 0.514 e. The van der Waals surface area contributed by atoms with Gasteiger partial charge in [-0.3, -0.25) is 0 Å². The summed E-state index contributed by atoms with van der Waals surface area (Å²) < 4.78 is 11.0. The standard InChI is InChI=1S/C24H32O3/c1-3-5-6-7-8-12-15-23(21-13-10-9-11-14-21)27-24(25)26-22-18-16-20(4-2)17-19-22/h9-11,13-14,16-19,23H,3-8,12,15H2,1-2H3. The van der Waals surface area contributed by atoms with Gasteiger partial charge in [-0.2, -0.15) is 0 Å². The summed E-state index contributed by atoms with van der Waals surface area (Å²) in [5, 5.41) is 0. The van der Waals surface area contributed by atoms with Gasteiger partial charge in [-0.25, -0.2) is 4.79 Å². The maximum atomic E-state index is 12.3. The number of carbonyl (C=O) groups is 1. The van der Waals surface area contributed by atoms with Crippen LogP contribution in [0.2, 0.25) is 0 Å². The summed E-state index contributed by atoms with van der Waals surface area (Å²) in [6.45, 7) is 4.32. The molecule has 0 aromatic heterocycles. The molecule has 2 aromatic carbocycles. The fourth-order valence-corrected chi connectivity index (χ4v) is 3.10. The van der Waals surface area contributed by atoms with Crippen LogP contribution >= 0.6 is 0 Å². The van der Waals surface area contributed by atoms with E-state index in [1.807, 2.05) is 54.6 Å². The fourth-order valence-electron chi connectivity index (χ4n) is 3.10. The first kappa shape index (κ1) is 21.0. The van der Waals surface area contributed by atoms with Crippen LogP contribution in [-0.2, 0) is 11.2 Å². The Labute approximate surface area is 163 Å². The topological polar surface area (TPSA) is 35.5 Å². The van der Waals surface area contributed by atoms with Crippen molar-refractivity contribution in [2.45, 2.75) is 71.3 Å². The Morgan fingerprint density at radius 1 is 0.852 bits per heavy atom. The molecule has 3 nitrogen and oxygen atoms in total. The second-order valence-corrected chi connectivity index (χ2v) is 6.92. The minimum atomic E-state index is -0.640. The summed E-state index contributed by atoms with van der Waals surface area (Å²) in [6, 6.07) is 17.5. The molecule has 2 rings (SSSR count). The van der Waals surface area contributed by atoms with Gasteiger partial charge >= 0.3 is 6.16 Å². The molecule has 2 aromatic rings. The summed E-state index contributed by atoms with van der Waals surface area (Å²) >= 11 is 0. The summed E-state index contributed by atoms with van der Waals surface area (Å²) in [5.74, 6) is 0.517. The van der Waals surface area contributed by atoms with Crippen molar-refractivity contribution in [3.63, 3.8) is 0 Å². The van der Waals surface area contributed by atoms with Crippen molar-refractivity contribution in [2.75, 3.05) is 0 Å². The highest BCUT2D eigenvalue weighted by Gasteiger charge is 2.18. The van der Waals surface area contributed by atoms with E-state index >= 15 is 0 Å². The highest BCUT2D eigenvalue weighted by atomic mass is 16.7. The second kappa shape index (κ2) is 12.2. The molecule has 0 bridgehead atoms. The average molecular weight is 369 g/mol. The third kappa shape index (κ3) is 7.86. The molecule has 0 fully saturated rings. The van der Waals surface area contributed by atoms with Crippen LogP contribution in [0.3, 0.4) is 0 Å². The van der Waals surface area contributed by atoms with E-state index in [4.69, 9.17) is 9.47 Å². The molecule has 1 atom stereocenters. The van der Waals surface area contributed by atoms with Gasteiger partial charge in [0.2, 0.25) is 0 Å².